The molecular formula is C13H28O4Si. The lowest BCUT2D eigenvalue weighted by Crippen LogP contribution is -2.42. The van der Waals surface area contributed by atoms with Crippen molar-refractivity contribution in [2.24, 2.45) is 5.92 Å². The predicted molar refractivity (Wildman–Crippen MR) is 75.4 cm³/mol. The lowest BCUT2D eigenvalue weighted by molar-refractivity contribution is 0.119. The van der Waals surface area contributed by atoms with Gasteiger partial charge < -0.3 is 18.0 Å². The summed E-state index contributed by atoms with van der Waals surface area (Å²) >= 11 is 0. The molecule has 5 heteroatoms. The summed E-state index contributed by atoms with van der Waals surface area (Å²) in [4.78, 5) is 0. The van der Waals surface area contributed by atoms with E-state index in [-0.39, 0.29) is 0 Å². The Morgan fingerprint density at radius 3 is 2.22 bits per heavy atom. The lowest BCUT2D eigenvalue weighted by atomic mass is 10.1. The number of ether oxygens (including phenoxy) is 1. The van der Waals surface area contributed by atoms with Gasteiger partial charge in [0, 0.05) is 27.4 Å². The van der Waals surface area contributed by atoms with Gasteiger partial charge in [0.2, 0.25) is 0 Å². The monoisotopic (exact) mass is 276 g/mol. The Morgan fingerprint density at radius 1 is 1.11 bits per heavy atom. The van der Waals surface area contributed by atoms with Crippen molar-refractivity contribution < 1.29 is 18.0 Å². The topological polar surface area (TPSA) is 36.9 Å². The van der Waals surface area contributed by atoms with E-state index in [1.807, 2.05) is 0 Å². The van der Waals surface area contributed by atoms with Gasteiger partial charge in [-0.25, -0.2) is 0 Å². The van der Waals surface area contributed by atoms with E-state index >= 15 is 0 Å². The second-order valence-corrected chi connectivity index (χ2v) is 7.48. The van der Waals surface area contributed by atoms with Gasteiger partial charge in [0.1, 0.15) is 0 Å². The van der Waals surface area contributed by atoms with E-state index in [1.54, 1.807) is 27.6 Å². The molecule has 0 aromatic heterocycles. The van der Waals surface area contributed by atoms with Gasteiger partial charge in [-0.2, -0.15) is 0 Å². The average molecular weight is 276 g/mol. The third-order valence-electron chi connectivity index (χ3n) is 3.11. The lowest BCUT2D eigenvalue weighted by Gasteiger charge is -2.23. The van der Waals surface area contributed by atoms with Crippen LogP contribution >= 0.6 is 0 Å². The minimum Gasteiger partial charge on any atom is -0.502 e. The first-order valence-corrected chi connectivity index (χ1v) is 8.49. The summed E-state index contributed by atoms with van der Waals surface area (Å²) in [5, 5.41) is 0. The summed E-state index contributed by atoms with van der Waals surface area (Å²) in [5.74, 6) is 0.723. The van der Waals surface area contributed by atoms with Crippen molar-refractivity contribution in [1.29, 1.82) is 0 Å². The normalized spacial score (nSPS) is 14.1. The Balaban J connectivity index is 3.66. The van der Waals surface area contributed by atoms with Gasteiger partial charge in [-0.05, 0) is 24.8 Å². The molecule has 0 amide bonds. The van der Waals surface area contributed by atoms with Crippen molar-refractivity contribution in [2.75, 3.05) is 27.9 Å². The van der Waals surface area contributed by atoms with Crippen LogP contribution in [0, 0.1) is 5.92 Å². The zero-order valence-corrected chi connectivity index (χ0v) is 13.4. The van der Waals surface area contributed by atoms with Gasteiger partial charge >= 0.3 is 8.80 Å². The molecule has 1 unspecified atom stereocenters. The van der Waals surface area contributed by atoms with E-state index in [1.165, 1.54) is 6.42 Å². The molecule has 0 spiro atoms. The van der Waals surface area contributed by atoms with Gasteiger partial charge in [-0.1, -0.05) is 20.3 Å². The van der Waals surface area contributed by atoms with Crippen LogP contribution < -0.4 is 0 Å². The van der Waals surface area contributed by atoms with Crippen LogP contribution in [0.3, 0.4) is 0 Å². The summed E-state index contributed by atoms with van der Waals surface area (Å²) < 4.78 is 21.4. The van der Waals surface area contributed by atoms with E-state index in [0.717, 1.165) is 24.8 Å². The fourth-order valence-electron chi connectivity index (χ4n) is 1.52. The summed E-state index contributed by atoms with van der Waals surface area (Å²) in [6, 6.07) is 0.774. The largest absolute Gasteiger partial charge is 0.502 e. The minimum atomic E-state index is -2.41. The fraction of sp³-hybridized carbons (Fsp3) is 0.846. The molecule has 0 bridgehead atoms. The van der Waals surface area contributed by atoms with Crippen LogP contribution in [0.2, 0.25) is 6.04 Å². The van der Waals surface area contributed by atoms with E-state index in [2.05, 4.69) is 19.9 Å². The molecule has 0 aromatic carbocycles. The molecule has 0 radical (unpaired) electrons. The molecule has 0 rings (SSSR count). The van der Waals surface area contributed by atoms with Crippen molar-refractivity contribution >= 4 is 8.80 Å². The standard InChI is InChI=1S/C13H28O4Si/c1-6-13(2)9-7-10-17-11-8-12-18(14-3,15-4)16-5/h7,10,13H,6,8-9,11-12H2,1-5H3. The third-order valence-corrected chi connectivity index (χ3v) is 5.94. The molecule has 0 aliphatic carbocycles. The molecule has 0 heterocycles. The molecule has 0 aliphatic heterocycles. The fourth-order valence-corrected chi connectivity index (χ4v) is 3.21. The van der Waals surface area contributed by atoms with Crippen LogP contribution in [-0.4, -0.2) is 36.7 Å². The second-order valence-electron chi connectivity index (χ2n) is 4.39. The molecule has 0 aromatic rings. The highest BCUT2D eigenvalue weighted by Gasteiger charge is 2.36. The van der Waals surface area contributed by atoms with Gasteiger partial charge in [-0.3, -0.25) is 0 Å². The van der Waals surface area contributed by atoms with Crippen molar-refractivity contribution in [3.8, 4) is 0 Å². The molecule has 0 aliphatic rings. The number of rotatable bonds is 11. The molecule has 108 valence electrons. The maximum atomic E-state index is 5.43. The zero-order chi connectivity index (χ0) is 13.9. The first kappa shape index (κ1) is 17.6. The van der Waals surface area contributed by atoms with Crippen molar-refractivity contribution in [3.05, 3.63) is 12.3 Å². The van der Waals surface area contributed by atoms with E-state index in [9.17, 15) is 0 Å². The third kappa shape index (κ3) is 7.16. The molecule has 0 fully saturated rings. The van der Waals surface area contributed by atoms with E-state index in [4.69, 9.17) is 18.0 Å². The first-order valence-electron chi connectivity index (χ1n) is 6.56. The Morgan fingerprint density at radius 2 is 1.72 bits per heavy atom. The summed E-state index contributed by atoms with van der Waals surface area (Å²) in [6.45, 7) is 5.10. The van der Waals surface area contributed by atoms with Crippen LogP contribution in [0.5, 0.6) is 0 Å². The smallest absolute Gasteiger partial charge is 0.500 e. The van der Waals surface area contributed by atoms with Crippen molar-refractivity contribution in [1.82, 2.24) is 0 Å². The van der Waals surface area contributed by atoms with Crippen LogP contribution in [0.4, 0.5) is 0 Å². The number of allylic oxidation sites excluding steroid dienone is 1. The minimum absolute atomic E-state index is 0.668. The Bertz CT molecular complexity index is 209. The average Bonchev–Trinajstić information content (AvgIpc) is 2.42. The van der Waals surface area contributed by atoms with Gasteiger partial charge in [0.25, 0.3) is 0 Å². The molecule has 0 N–H and O–H groups in total. The van der Waals surface area contributed by atoms with Gasteiger partial charge in [0.15, 0.2) is 0 Å². The predicted octanol–water partition coefficient (Wildman–Crippen LogP) is 3.22. The number of hydrogen-bond acceptors (Lipinski definition) is 4. The van der Waals surface area contributed by atoms with Gasteiger partial charge in [0.05, 0.1) is 12.9 Å². The molecule has 4 nitrogen and oxygen atoms in total. The molecule has 0 saturated carbocycles. The quantitative estimate of drug-likeness (QED) is 0.330. The van der Waals surface area contributed by atoms with E-state index < -0.39 is 8.80 Å². The Labute approximate surface area is 113 Å². The van der Waals surface area contributed by atoms with Crippen molar-refractivity contribution in [2.45, 2.75) is 39.2 Å². The van der Waals surface area contributed by atoms with Gasteiger partial charge in [-0.15, -0.1) is 0 Å². The Hall–Kier alpha value is -0.363. The highest BCUT2D eigenvalue weighted by atomic mass is 28.4. The van der Waals surface area contributed by atoms with Crippen LogP contribution in [-0.2, 0) is 18.0 Å². The molecule has 1 atom stereocenters. The maximum absolute atomic E-state index is 5.43. The van der Waals surface area contributed by atoms with Crippen LogP contribution in [0.15, 0.2) is 12.3 Å². The molecule has 0 saturated heterocycles. The SMILES string of the molecule is CCC(C)CC=COCCC[Si](OC)(OC)OC. The molecule has 18 heavy (non-hydrogen) atoms. The summed E-state index contributed by atoms with van der Waals surface area (Å²) in [7, 11) is 2.48. The number of hydrogen-bond donors (Lipinski definition) is 0. The highest BCUT2D eigenvalue weighted by Crippen LogP contribution is 2.14. The first-order chi connectivity index (χ1) is 8.64. The zero-order valence-electron chi connectivity index (χ0n) is 12.4. The van der Waals surface area contributed by atoms with Crippen LogP contribution in [0.1, 0.15) is 33.1 Å². The summed E-state index contributed by atoms with van der Waals surface area (Å²) in [6.07, 6.45) is 7.02. The van der Waals surface area contributed by atoms with E-state index in [0.29, 0.717) is 6.61 Å². The van der Waals surface area contributed by atoms with Crippen LogP contribution in [0.25, 0.3) is 0 Å². The Kier molecular flexibility index (Phi) is 10.3. The molecular weight excluding hydrogens is 248 g/mol. The van der Waals surface area contributed by atoms with Crippen molar-refractivity contribution in [3.63, 3.8) is 0 Å². The second kappa shape index (κ2) is 10.5. The summed E-state index contributed by atoms with van der Waals surface area (Å²) in [5.41, 5.74) is 0. The maximum Gasteiger partial charge on any atom is 0.500 e. The highest BCUT2D eigenvalue weighted by molar-refractivity contribution is 6.60.